The molecule has 33 heavy (non-hydrogen) atoms. The zero-order valence-corrected chi connectivity index (χ0v) is 17.9. The molecule has 0 aliphatic carbocycles. The van der Waals surface area contributed by atoms with Crippen molar-refractivity contribution in [3.05, 3.63) is 29.8 Å². The minimum absolute atomic E-state index is 0.00763. The molecule has 180 valence electrons. The maximum absolute atomic E-state index is 12.7. The minimum atomic E-state index is -1.24. The van der Waals surface area contributed by atoms with Crippen LogP contribution in [0.15, 0.2) is 24.3 Å². The Hall–Kier alpha value is -3.67. The number of carboxylic acid groups (broad SMARTS) is 2. The van der Waals surface area contributed by atoms with Gasteiger partial charge in [-0.3, -0.25) is 19.2 Å². The summed E-state index contributed by atoms with van der Waals surface area (Å²) >= 11 is 0. The van der Waals surface area contributed by atoms with Gasteiger partial charge in [0.05, 0.1) is 12.6 Å². The van der Waals surface area contributed by atoms with Crippen LogP contribution in [0.1, 0.15) is 31.2 Å². The number of aliphatic carboxylic acids is 2. The van der Waals surface area contributed by atoms with Gasteiger partial charge in [-0.1, -0.05) is 12.1 Å². The van der Waals surface area contributed by atoms with Gasteiger partial charge in [-0.2, -0.15) is 0 Å². The highest BCUT2D eigenvalue weighted by Gasteiger charge is 2.36. The Morgan fingerprint density at radius 3 is 2.39 bits per heavy atom. The Morgan fingerprint density at radius 1 is 1.12 bits per heavy atom. The second kappa shape index (κ2) is 11.8. The molecule has 3 atom stereocenters. The van der Waals surface area contributed by atoms with E-state index < -0.39 is 54.3 Å². The number of nitrogens with two attached hydrogens (primary N) is 1. The molecule has 2 rings (SSSR count). The minimum Gasteiger partial charge on any atom is -0.508 e. The summed E-state index contributed by atoms with van der Waals surface area (Å²) in [5, 5.41) is 32.3. The molecule has 1 fully saturated rings. The molecular weight excluding hydrogens is 436 g/mol. The van der Waals surface area contributed by atoms with E-state index in [4.69, 9.17) is 10.8 Å². The number of carbonyl (C=O) groups excluding carboxylic acids is 3. The van der Waals surface area contributed by atoms with E-state index in [1.165, 1.54) is 17.0 Å². The zero-order chi connectivity index (χ0) is 24.5. The van der Waals surface area contributed by atoms with Crippen LogP contribution in [0.5, 0.6) is 5.75 Å². The topological polar surface area (TPSA) is 199 Å². The lowest BCUT2D eigenvalue weighted by molar-refractivity contribution is -0.144. The summed E-state index contributed by atoms with van der Waals surface area (Å²) in [6.45, 7) is -0.146. The molecule has 0 radical (unpaired) electrons. The SMILES string of the molecule is NC(CCC(=O)O)C(=O)NCC(=O)N1CCCC1C(=O)NC(Cc1ccc(O)cc1)C(=O)O. The van der Waals surface area contributed by atoms with Gasteiger partial charge >= 0.3 is 11.9 Å². The average Bonchev–Trinajstić information content (AvgIpc) is 3.26. The Bertz CT molecular complexity index is 889. The number of phenols is 1. The first-order valence-corrected chi connectivity index (χ1v) is 10.4. The fourth-order valence-electron chi connectivity index (χ4n) is 3.48. The predicted molar refractivity (Wildman–Crippen MR) is 114 cm³/mol. The van der Waals surface area contributed by atoms with Gasteiger partial charge < -0.3 is 36.6 Å². The average molecular weight is 464 g/mol. The van der Waals surface area contributed by atoms with Crippen LogP contribution in [0.3, 0.4) is 0 Å². The number of benzene rings is 1. The second-order valence-corrected chi connectivity index (χ2v) is 7.77. The van der Waals surface area contributed by atoms with Gasteiger partial charge in [-0.15, -0.1) is 0 Å². The van der Waals surface area contributed by atoms with Gasteiger partial charge in [0, 0.05) is 19.4 Å². The molecule has 1 aliphatic rings. The van der Waals surface area contributed by atoms with Gasteiger partial charge in [-0.25, -0.2) is 4.79 Å². The number of carbonyl (C=O) groups is 5. The summed E-state index contributed by atoms with van der Waals surface area (Å²) in [4.78, 5) is 60.7. The standard InChI is InChI=1S/C21H28N4O8/c22-14(7-8-18(28)29)19(30)23-11-17(27)25-9-1-2-16(25)20(31)24-15(21(32)33)10-12-3-5-13(26)6-4-12/h3-6,14-16,26H,1-2,7-11,22H2,(H,23,30)(H,24,31)(H,28,29)(H,32,33). The van der Waals surface area contributed by atoms with E-state index in [-0.39, 0.29) is 31.6 Å². The number of aromatic hydroxyl groups is 1. The molecule has 1 aromatic carbocycles. The van der Waals surface area contributed by atoms with Crippen molar-refractivity contribution in [3.8, 4) is 5.75 Å². The number of likely N-dealkylation sites (tertiary alicyclic amines) is 1. The molecule has 3 unspecified atom stereocenters. The second-order valence-electron chi connectivity index (χ2n) is 7.77. The molecular formula is C21H28N4O8. The predicted octanol–water partition coefficient (Wildman–Crippen LogP) is -1.20. The smallest absolute Gasteiger partial charge is 0.326 e. The van der Waals surface area contributed by atoms with E-state index in [0.29, 0.717) is 18.4 Å². The van der Waals surface area contributed by atoms with Crippen molar-refractivity contribution in [3.63, 3.8) is 0 Å². The summed E-state index contributed by atoms with van der Waals surface area (Å²) in [5.74, 6) is -4.12. The summed E-state index contributed by atoms with van der Waals surface area (Å²) in [7, 11) is 0. The third kappa shape index (κ3) is 7.75. The normalized spacial score (nSPS) is 17.1. The fourth-order valence-corrected chi connectivity index (χ4v) is 3.48. The highest BCUT2D eigenvalue weighted by molar-refractivity contribution is 5.93. The van der Waals surface area contributed by atoms with Crippen LogP contribution >= 0.6 is 0 Å². The lowest BCUT2D eigenvalue weighted by atomic mass is 10.0. The van der Waals surface area contributed by atoms with Gasteiger partial charge in [0.1, 0.15) is 17.8 Å². The third-order valence-electron chi connectivity index (χ3n) is 5.29. The number of carboxylic acids is 2. The number of hydrogen-bond acceptors (Lipinski definition) is 7. The number of nitrogens with zero attached hydrogens (tertiary/aromatic N) is 1. The van der Waals surface area contributed by atoms with E-state index in [9.17, 15) is 34.2 Å². The van der Waals surface area contributed by atoms with Crippen LogP contribution in [-0.2, 0) is 30.4 Å². The van der Waals surface area contributed by atoms with Crippen LogP contribution in [-0.4, -0.2) is 81.1 Å². The molecule has 1 saturated heterocycles. The van der Waals surface area contributed by atoms with Crippen molar-refractivity contribution in [1.29, 1.82) is 0 Å². The number of nitrogens with one attached hydrogen (secondary N) is 2. The van der Waals surface area contributed by atoms with Crippen molar-refractivity contribution in [2.24, 2.45) is 5.73 Å². The van der Waals surface area contributed by atoms with Crippen molar-refractivity contribution in [2.45, 2.75) is 50.2 Å². The molecule has 1 aliphatic heterocycles. The van der Waals surface area contributed by atoms with E-state index in [2.05, 4.69) is 10.6 Å². The first-order chi connectivity index (χ1) is 15.6. The van der Waals surface area contributed by atoms with Crippen LogP contribution in [0.4, 0.5) is 0 Å². The highest BCUT2D eigenvalue weighted by atomic mass is 16.4. The Morgan fingerprint density at radius 2 is 1.79 bits per heavy atom. The third-order valence-corrected chi connectivity index (χ3v) is 5.29. The van der Waals surface area contributed by atoms with Crippen LogP contribution in [0.2, 0.25) is 0 Å². The largest absolute Gasteiger partial charge is 0.508 e. The van der Waals surface area contributed by atoms with E-state index >= 15 is 0 Å². The number of hydrogen-bond donors (Lipinski definition) is 6. The van der Waals surface area contributed by atoms with Gasteiger partial charge in [0.2, 0.25) is 17.7 Å². The summed E-state index contributed by atoms with van der Waals surface area (Å²) in [5.41, 5.74) is 6.20. The molecule has 0 bridgehead atoms. The van der Waals surface area contributed by atoms with E-state index in [1.54, 1.807) is 12.1 Å². The molecule has 0 aromatic heterocycles. The summed E-state index contributed by atoms with van der Waals surface area (Å²) < 4.78 is 0. The van der Waals surface area contributed by atoms with Gasteiger partial charge in [0.15, 0.2) is 0 Å². The van der Waals surface area contributed by atoms with E-state index in [1.807, 2.05) is 0 Å². The molecule has 0 saturated carbocycles. The fraction of sp³-hybridized carbons (Fsp3) is 0.476. The quantitative estimate of drug-likeness (QED) is 0.233. The van der Waals surface area contributed by atoms with Crippen molar-refractivity contribution in [2.75, 3.05) is 13.1 Å². The summed E-state index contributed by atoms with van der Waals surface area (Å²) in [6, 6.07) is 2.73. The molecule has 3 amide bonds. The van der Waals surface area contributed by atoms with Gasteiger partial charge in [0.25, 0.3) is 0 Å². The Balaban J connectivity index is 1.92. The number of amides is 3. The summed E-state index contributed by atoms with van der Waals surface area (Å²) in [6.07, 6.45) is 0.501. The zero-order valence-electron chi connectivity index (χ0n) is 17.9. The Kier molecular flexibility index (Phi) is 9.16. The van der Waals surface area contributed by atoms with Crippen molar-refractivity contribution >= 4 is 29.7 Å². The molecule has 0 spiro atoms. The first-order valence-electron chi connectivity index (χ1n) is 10.4. The lowest BCUT2D eigenvalue weighted by Gasteiger charge is -2.26. The molecule has 12 nitrogen and oxygen atoms in total. The molecule has 7 N–H and O–H groups in total. The highest BCUT2D eigenvalue weighted by Crippen LogP contribution is 2.18. The molecule has 1 heterocycles. The Labute approximate surface area is 189 Å². The van der Waals surface area contributed by atoms with Crippen molar-refractivity contribution < 1.29 is 39.3 Å². The lowest BCUT2D eigenvalue weighted by Crippen LogP contribution is -2.53. The number of rotatable bonds is 11. The van der Waals surface area contributed by atoms with Crippen LogP contribution in [0.25, 0.3) is 0 Å². The maximum Gasteiger partial charge on any atom is 0.326 e. The van der Waals surface area contributed by atoms with Crippen LogP contribution in [0, 0.1) is 0 Å². The first kappa shape index (κ1) is 25.6. The van der Waals surface area contributed by atoms with Crippen molar-refractivity contribution in [1.82, 2.24) is 15.5 Å². The number of phenolic OH excluding ortho intramolecular Hbond substituents is 1. The van der Waals surface area contributed by atoms with E-state index in [0.717, 1.165) is 0 Å². The monoisotopic (exact) mass is 464 g/mol. The molecule has 12 heteroatoms. The maximum atomic E-state index is 12.7. The molecule has 1 aromatic rings. The van der Waals surface area contributed by atoms with Crippen LogP contribution < -0.4 is 16.4 Å². The van der Waals surface area contributed by atoms with Gasteiger partial charge in [-0.05, 0) is 37.0 Å².